The molecule has 1 heteroatoms. The molecule has 0 radical (unpaired) electrons. The molecule has 3 aromatic rings. The molecule has 0 N–H and O–H groups in total. The standard InChI is InChI=1S/C33H40N/c1-22-8-11-28-29-19-26(25-12-16-33(17-13-25)14-6-5-7-15-33)9-10-27(29)20-30(28)32(22)31-18-23(2)24(3)21-34(31)4/h8-11,18-19,21,25H,5-7,12-17,20H2,1-4H3/q+1. The van der Waals surface area contributed by atoms with Gasteiger partial charge in [-0.15, -0.1) is 0 Å². The van der Waals surface area contributed by atoms with Crippen LogP contribution in [0.2, 0.25) is 0 Å². The van der Waals surface area contributed by atoms with Gasteiger partial charge in [0, 0.05) is 11.6 Å². The van der Waals surface area contributed by atoms with Crippen molar-refractivity contribution in [3.63, 3.8) is 0 Å². The first kappa shape index (κ1) is 22.1. The molecule has 1 aromatic heterocycles. The van der Waals surface area contributed by atoms with Crippen molar-refractivity contribution in [1.82, 2.24) is 0 Å². The number of aromatic nitrogens is 1. The highest BCUT2D eigenvalue weighted by molar-refractivity contribution is 5.85. The molecule has 0 bridgehead atoms. The molecule has 176 valence electrons. The zero-order chi connectivity index (χ0) is 23.4. The van der Waals surface area contributed by atoms with E-state index in [0.29, 0.717) is 5.41 Å². The van der Waals surface area contributed by atoms with Gasteiger partial charge in [0.15, 0.2) is 6.20 Å². The predicted octanol–water partition coefficient (Wildman–Crippen LogP) is 8.28. The van der Waals surface area contributed by atoms with Crippen LogP contribution >= 0.6 is 0 Å². The molecule has 0 amide bonds. The third-order valence-corrected chi connectivity index (χ3v) is 9.74. The van der Waals surface area contributed by atoms with E-state index in [9.17, 15) is 0 Å². The second-order valence-corrected chi connectivity index (χ2v) is 11.8. The van der Waals surface area contributed by atoms with Gasteiger partial charge in [-0.3, -0.25) is 0 Å². The maximum Gasteiger partial charge on any atom is 0.213 e. The fraction of sp³-hybridized carbons (Fsp3) is 0.485. The van der Waals surface area contributed by atoms with Crippen LogP contribution in [0.1, 0.15) is 97.1 Å². The third kappa shape index (κ3) is 3.63. The highest BCUT2D eigenvalue weighted by atomic mass is 14.9. The second-order valence-electron chi connectivity index (χ2n) is 11.8. The van der Waals surface area contributed by atoms with Crippen molar-refractivity contribution in [2.75, 3.05) is 0 Å². The Kier molecular flexibility index (Phi) is 5.43. The second kappa shape index (κ2) is 8.36. The summed E-state index contributed by atoms with van der Waals surface area (Å²) >= 11 is 0. The number of benzene rings is 2. The van der Waals surface area contributed by atoms with Gasteiger partial charge in [-0.2, -0.15) is 0 Å². The number of hydrogen-bond donors (Lipinski definition) is 0. The Labute approximate surface area is 206 Å². The minimum absolute atomic E-state index is 0.701. The lowest BCUT2D eigenvalue weighted by molar-refractivity contribution is -0.660. The Hall–Kier alpha value is -2.41. The van der Waals surface area contributed by atoms with E-state index in [-0.39, 0.29) is 0 Å². The van der Waals surface area contributed by atoms with Crippen LogP contribution in [0.15, 0.2) is 42.6 Å². The smallest absolute Gasteiger partial charge is 0.201 e. The van der Waals surface area contributed by atoms with Crippen LogP contribution in [0.25, 0.3) is 22.4 Å². The average molecular weight is 451 g/mol. The maximum absolute atomic E-state index is 2.57. The summed E-state index contributed by atoms with van der Waals surface area (Å²) in [6.07, 6.45) is 16.4. The first-order valence-electron chi connectivity index (χ1n) is 13.7. The normalized spacial score (nSPS) is 19.3. The summed E-state index contributed by atoms with van der Waals surface area (Å²) in [7, 11) is 2.20. The van der Waals surface area contributed by atoms with Gasteiger partial charge in [-0.25, -0.2) is 4.57 Å². The Morgan fingerprint density at radius 3 is 2.29 bits per heavy atom. The molecule has 0 unspecified atom stereocenters. The molecular weight excluding hydrogens is 410 g/mol. The van der Waals surface area contributed by atoms with Crippen molar-refractivity contribution in [2.24, 2.45) is 12.5 Å². The number of rotatable bonds is 2. The summed E-state index contributed by atoms with van der Waals surface area (Å²) in [5.74, 6) is 0.754. The average Bonchev–Trinajstić information content (AvgIpc) is 3.20. The van der Waals surface area contributed by atoms with Gasteiger partial charge in [0.25, 0.3) is 0 Å². The quantitative estimate of drug-likeness (QED) is 0.270. The van der Waals surface area contributed by atoms with Gasteiger partial charge in [-0.1, -0.05) is 49.6 Å². The van der Waals surface area contributed by atoms with Crippen LogP contribution < -0.4 is 4.57 Å². The number of hydrogen-bond acceptors (Lipinski definition) is 0. The maximum atomic E-state index is 2.57. The van der Waals surface area contributed by atoms with Crippen molar-refractivity contribution in [2.45, 2.75) is 90.9 Å². The topological polar surface area (TPSA) is 3.88 Å². The first-order valence-corrected chi connectivity index (χ1v) is 13.7. The van der Waals surface area contributed by atoms with E-state index in [1.165, 1.54) is 108 Å². The van der Waals surface area contributed by atoms with Gasteiger partial charge in [0.05, 0.1) is 5.56 Å². The van der Waals surface area contributed by atoms with Gasteiger partial charge in [0.1, 0.15) is 7.05 Å². The number of nitrogens with zero attached hydrogens (tertiary/aromatic N) is 1. The number of pyridine rings is 1. The molecule has 2 aromatic carbocycles. The molecule has 2 saturated carbocycles. The largest absolute Gasteiger partial charge is 0.213 e. The molecular formula is C33H40N+. The highest BCUT2D eigenvalue weighted by Crippen LogP contribution is 2.52. The summed E-state index contributed by atoms with van der Waals surface area (Å²) in [6, 6.07) is 14.6. The van der Waals surface area contributed by atoms with E-state index >= 15 is 0 Å². The minimum atomic E-state index is 0.701. The zero-order valence-electron chi connectivity index (χ0n) is 21.6. The van der Waals surface area contributed by atoms with Crippen molar-refractivity contribution < 1.29 is 4.57 Å². The lowest BCUT2D eigenvalue weighted by Gasteiger charge is -2.43. The molecule has 1 heterocycles. The molecule has 1 nitrogen and oxygen atoms in total. The van der Waals surface area contributed by atoms with Crippen LogP contribution in [-0.2, 0) is 13.5 Å². The lowest BCUT2D eigenvalue weighted by atomic mass is 9.62. The molecule has 2 fully saturated rings. The SMILES string of the molecule is Cc1cc(-c2c(C)ccc3c2Cc2ccc(C4CCC5(CCCCC5)CC4)cc2-3)[n+](C)cc1C. The summed E-state index contributed by atoms with van der Waals surface area (Å²) < 4.78 is 2.32. The molecule has 3 aliphatic carbocycles. The van der Waals surface area contributed by atoms with Crippen LogP contribution in [-0.4, -0.2) is 0 Å². The van der Waals surface area contributed by atoms with E-state index < -0.39 is 0 Å². The summed E-state index contributed by atoms with van der Waals surface area (Å²) in [5, 5.41) is 0. The molecule has 3 aliphatic rings. The van der Waals surface area contributed by atoms with Crippen LogP contribution in [0.5, 0.6) is 0 Å². The number of aryl methyl sites for hydroxylation is 4. The Morgan fingerprint density at radius 2 is 1.53 bits per heavy atom. The van der Waals surface area contributed by atoms with Crippen molar-refractivity contribution in [3.8, 4) is 22.4 Å². The first-order chi connectivity index (χ1) is 16.4. The minimum Gasteiger partial charge on any atom is -0.201 e. The summed E-state index contributed by atoms with van der Waals surface area (Å²) in [6.45, 7) is 6.72. The molecule has 0 atom stereocenters. The summed E-state index contributed by atoms with van der Waals surface area (Å²) in [4.78, 5) is 0. The number of fused-ring (bicyclic) bond motifs is 3. The molecule has 0 saturated heterocycles. The van der Waals surface area contributed by atoms with E-state index in [2.05, 4.69) is 75.0 Å². The fourth-order valence-electron chi connectivity index (χ4n) is 7.50. The Morgan fingerprint density at radius 1 is 0.765 bits per heavy atom. The lowest BCUT2D eigenvalue weighted by Crippen LogP contribution is -2.32. The molecule has 1 spiro atoms. The summed E-state index contributed by atoms with van der Waals surface area (Å²) in [5.41, 5.74) is 15.2. The van der Waals surface area contributed by atoms with E-state index in [1.54, 1.807) is 5.56 Å². The highest BCUT2D eigenvalue weighted by Gasteiger charge is 2.37. The van der Waals surface area contributed by atoms with Gasteiger partial charge in [0.2, 0.25) is 5.69 Å². The van der Waals surface area contributed by atoms with Crippen LogP contribution in [0.4, 0.5) is 0 Å². The van der Waals surface area contributed by atoms with Crippen molar-refractivity contribution in [3.05, 3.63) is 76.0 Å². The zero-order valence-corrected chi connectivity index (χ0v) is 21.6. The monoisotopic (exact) mass is 450 g/mol. The molecule has 0 aliphatic heterocycles. The van der Waals surface area contributed by atoms with Gasteiger partial charge in [-0.05, 0) is 116 Å². The Balaban J connectivity index is 1.34. The van der Waals surface area contributed by atoms with E-state index in [0.717, 1.165) is 12.3 Å². The van der Waals surface area contributed by atoms with Crippen LogP contribution in [0.3, 0.4) is 0 Å². The fourth-order valence-corrected chi connectivity index (χ4v) is 7.50. The van der Waals surface area contributed by atoms with Crippen LogP contribution in [0, 0.1) is 26.2 Å². The van der Waals surface area contributed by atoms with Crippen molar-refractivity contribution >= 4 is 0 Å². The van der Waals surface area contributed by atoms with E-state index in [1.807, 2.05) is 0 Å². The van der Waals surface area contributed by atoms with Gasteiger partial charge >= 0.3 is 0 Å². The third-order valence-electron chi connectivity index (χ3n) is 9.74. The molecule has 6 rings (SSSR count). The van der Waals surface area contributed by atoms with E-state index in [4.69, 9.17) is 0 Å². The molecule has 34 heavy (non-hydrogen) atoms. The van der Waals surface area contributed by atoms with Crippen molar-refractivity contribution in [1.29, 1.82) is 0 Å². The van der Waals surface area contributed by atoms with Gasteiger partial charge < -0.3 is 0 Å². The Bertz CT molecular complexity index is 1250. The predicted molar refractivity (Wildman–Crippen MR) is 142 cm³/mol.